The van der Waals surface area contributed by atoms with Gasteiger partial charge in [-0.05, 0) is 56.4 Å². The summed E-state index contributed by atoms with van der Waals surface area (Å²) in [7, 11) is -0.741. The number of esters is 1. The predicted molar refractivity (Wildman–Crippen MR) is 133 cm³/mol. The van der Waals surface area contributed by atoms with E-state index in [9.17, 15) is 9.00 Å². The molecule has 2 fully saturated rings. The second-order valence-electron chi connectivity index (χ2n) is 9.63. The van der Waals surface area contributed by atoms with Gasteiger partial charge in [0.25, 0.3) is 0 Å². The SMILES string of the molecule is COC(=O)c1cc(N2CCC([SH](C)(C)=O)CC2)c2c(C3CCC3)nn(-c3ccccc3)c2n1. The number of pyridine rings is 1. The highest BCUT2D eigenvalue weighted by Crippen LogP contribution is 2.43. The number of para-hydroxylation sites is 1. The minimum atomic E-state index is -2.12. The molecule has 176 valence electrons. The van der Waals surface area contributed by atoms with Gasteiger partial charge in [-0.1, -0.05) is 24.6 Å². The fourth-order valence-corrected chi connectivity index (χ4v) is 6.50. The summed E-state index contributed by atoms with van der Waals surface area (Å²) in [6.07, 6.45) is 9.01. The van der Waals surface area contributed by atoms with Gasteiger partial charge >= 0.3 is 5.97 Å². The summed E-state index contributed by atoms with van der Waals surface area (Å²) in [5.74, 6) is -0.0447. The lowest BCUT2D eigenvalue weighted by molar-refractivity contribution is 0.0594. The minimum absolute atomic E-state index is 0.254. The zero-order valence-corrected chi connectivity index (χ0v) is 20.4. The molecule has 0 N–H and O–H groups in total. The second-order valence-corrected chi connectivity index (χ2v) is 13.2. The Hall–Kier alpha value is -2.74. The van der Waals surface area contributed by atoms with E-state index >= 15 is 0 Å². The lowest BCUT2D eigenvalue weighted by atomic mass is 9.82. The average molecular weight is 469 g/mol. The zero-order valence-electron chi connectivity index (χ0n) is 19.5. The molecule has 1 aliphatic carbocycles. The maximum atomic E-state index is 12.7. The fraction of sp³-hybridized carbons (Fsp3) is 0.480. The van der Waals surface area contributed by atoms with Crippen molar-refractivity contribution < 1.29 is 13.7 Å². The Kier molecular flexibility index (Phi) is 5.72. The van der Waals surface area contributed by atoms with Gasteiger partial charge in [-0.3, -0.25) is 4.21 Å². The van der Waals surface area contributed by atoms with Crippen LogP contribution in [-0.2, 0) is 14.7 Å². The van der Waals surface area contributed by atoms with Crippen molar-refractivity contribution in [1.82, 2.24) is 14.8 Å². The molecule has 0 atom stereocenters. The largest absolute Gasteiger partial charge is 0.464 e. The number of carbonyl (C=O) groups excluding carboxylic acids is 1. The smallest absolute Gasteiger partial charge is 0.356 e. The van der Waals surface area contributed by atoms with Crippen LogP contribution in [0.1, 0.15) is 54.2 Å². The van der Waals surface area contributed by atoms with Crippen LogP contribution >= 0.6 is 0 Å². The maximum Gasteiger partial charge on any atom is 0.356 e. The van der Waals surface area contributed by atoms with E-state index in [1.165, 1.54) is 13.5 Å². The molecule has 3 heterocycles. The van der Waals surface area contributed by atoms with Crippen molar-refractivity contribution in [3.05, 3.63) is 47.8 Å². The number of carbonyl (C=O) groups is 1. The molecule has 2 aromatic heterocycles. The summed E-state index contributed by atoms with van der Waals surface area (Å²) in [5.41, 5.74) is 3.96. The van der Waals surface area contributed by atoms with Crippen LogP contribution in [0, 0.1) is 0 Å². The van der Waals surface area contributed by atoms with E-state index in [-0.39, 0.29) is 10.9 Å². The molecule has 1 saturated carbocycles. The Labute approximate surface area is 195 Å². The van der Waals surface area contributed by atoms with Gasteiger partial charge in [0, 0.05) is 24.3 Å². The van der Waals surface area contributed by atoms with E-state index in [0.29, 0.717) is 11.6 Å². The zero-order chi connectivity index (χ0) is 23.2. The topological polar surface area (TPSA) is 77.3 Å². The minimum Gasteiger partial charge on any atom is -0.464 e. The van der Waals surface area contributed by atoms with Gasteiger partial charge in [0.2, 0.25) is 0 Å². The Morgan fingerprint density at radius 3 is 2.36 bits per heavy atom. The van der Waals surface area contributed by atoms with E-state index in [0.717, 1.165) is 61.2 Å². The van der Waals surface area contributed by atoms with Gasteiger partial charge in [0.05, 0.1) is 29.6 Å². The monoisotopic (exact) mass is 468 g/mol. The first-order chi connectivity index (χ1) is 15.9. The third-order valence-corrected chi connectivity index (χ3v) is 9.49. The Bertz CT molecular complexity index is 1220. The number of hydrogen-bond donors (Lipinski definition) is 1. The molecular formula is C25H32N4O3S. The lowest BCUT2D eigenvalue weighted by Crippen LogP contribution is -2.41. The molecule has 5 rings (SSSR count). The van der Waals surface area contributed by atoms with Crippen LogP contribution in [-0.4, -0.2) is 62.9 Å². The summed E-state index contributed by atoms with van der Waals surface area (Å²) < 4.78 is 19.6. The summed E-state index contributed by atoms with van der Waals surface area (Å²) in [4.78, 5) is 19.6. The van der Waals surface area contributed by atoms with Crippen LogP contribution in [0.25, 0.3) is 16.7 Å². The number of fused-ring (bicyclic) bond motifs is 1. The van der Waals surface area contributed by atoms with Crippen molar-refractivity contribution in [3.8, 4) is 5.69 Å². The third kappa shape index (κ3) is 4.05. The average Bonchev–Trinajstić information content (AvgIpc) is 3.16. The molecule has 1 aromatic carbocycles. The van der Waals surface area contributed by atoms with Crippen LogP contribution in [0.15, 0.2) is 36.4 Å². The molecule has 33 heavy (non-hydrogen) atoms. The number of piperidine rings is 1. The predicted octanol–water partition coefficient (Wildman–Crippen LogP) is 3.72. The molecule has 2 aliphatic rings. The van der Waals surface area contributed by atoms with Gasteiger partial charge in [0.15, 0.2) is 11.3 Å². The summed E-state index contributed by atoms with van der Waals surface area (Å²) >= 11 is 0. The highest BCUT2D eigenvalue weighted by molar-refractivity contribution is 8.02. The van der Waals surface area contributed by atoms with Crippen molar-refractivity contribution in [2.24, 2.45) is 0 Å². The first kappa shape index (κ1) is 22.1. The Balaban J connectivity index is 1.68. The molecular weight excluding hydrogens is 436 g/mol. The third-order valence-electron chi connectivity index (χ3n) is 7.22. The Morgan fingerprint density at radius 2 is 1.79 bits per heavy atom. The molecule has 8 heteroatoms. The number of rotatable bonds is 5. The summed E-state index contributed by atoms with van der Waals surface area (Å²) in [6, 6.07) is 11.8. The van der Waals surface area contributed by atoms with Crippen LogP contribution in [0.2, 0.25) is 0 Å². The van der Waals surface area contributed by atoms with Crippen molar-refractivity contribution >= 4 is 32.6 Å². The number of anilines is 1. The van der Waals surface area contributed by atoms with Gasteiger partial charge < -0.3 is 9.64 Å². The molecule has 0 spiro atoms. The molecule has 7 nitrogen and oxygen atoms in total. The second kappa shape index (κ2) is 8.56. The number of nitrogens with zero attached hydrogens (tertiary/aromatic N) is 4. The quantitative estimate of drug-likeness (QED) is 0.454. The van der Waals surface area contributed by atoms with E-state index in [2.05, 4.69) is 4.90 Å². The standard InChI is InChI=1S/C25H32N4O3S/c1-32-25(30)20-16-21(28-14-12-19(13-15-28)33(2,3)31)22-23(17-8-7-9-17)27-29(24(22)26-20)18-10-5-4-6-11-18/h4-6,10-11,16-17,19,33H,7-9,12-15H2,1-3H3. The van der Waals surface area contributed by atoms with E-state index < -0.39 is 15.9 Å². The fourth-order valence-electron chi connectivity index (χ4n) is 5.03. The maximum absolute atomic E-state index is 12.7. The number of benzene rings is 1. The summed E-state index contributed by atoms with van der Waals surface area (Å²) in [6.45, 7) is 1.60. The van der Waals surface area contributed by atoms with Crippen LogP contribution in [0.4, 0.5) is 5.69 Å². The molecule has 1 saturated heterocycles. The van der Waals surface area contributed by atoms with E-state index in [1.807, 2.05) is 53.6 Å². The molecule has 1 aliphatic heterocycles. The van der Waals surface area contributed by atoms with Crippen molar-refractivity contribution in [1.29, 1.82) is 0 Å². The number of aromatic nitrogens is 3. The molecule has 0 unspecified atom stereocenters. The lowest BCUT2D eigenvalue weighted by Gasteiger charge is -2.37. The van der Waals surface area contributed by atoms with Gasteiger partial charge in [-0.2, -0.15) is 5.10 Å². The van der Waals surface area contributed by atoms with Gasteiger partial charge in [-0.25, -0.2) is 14.5 Å². The van der Waals surface area contributed by atoms with Crippen molar-refractivity contribution in [2.75, 3.05) is 37.6 Å². The molecule has 3 aromatic rings. The van der Waals surface area contributed by atoms with Gasteiger partial charge in [0.1, 0.15) is 0 Å². The number of ether oxygens (including phenoxy) is 1. The van der Waals surface area contributed by atoms with E-state index in [4.69, 9.17) is 14.8 Å². The van der Waals surface area contributed by atoms with Crippen LogP contribution < -0.4 is 4.90 Å². The number of thiol groups is 1. The van der Waals surface area contributed by atoms with E-state index in [1.54, 1.807) is 0 Å². The molecule has 0 amide bonds. The number of methoxy groups -OCH3 is 1. The molecule has 0 radical (unpaired) electrons. The highest BCUT2D eigenvalue weighted by Gasteiger charge is 2.32. The highest BCUT2D eigenvalue weighted by atomic mass is 32.2. The first-order valence-electron chi connectivity index (χ1n) is 11.7. The molecule has 0 bridgehead atoms. The van der Waals surface area contributed by atoms with Crippen LogP contribution in [0.3, 0.4) is 0 Å². The van der Waals surface area contributed by atoms with Crippen molar-refractivity contribution in [3.63, 3.8) is 0 Å². The van der Waals surface area contributed by atoms with Gasteiger partial charge in [-0.15, -0.1) is 9.93 Å². The number of hydrogen-bond acceptors (Lipinski definition) is 6. The summed E-state index contributed by atoms with van der Waals surface area (Å²) in [5, 5.41) is 6.34. The first-order valence-corrected chi connectivity index (χ1v) is 14.4. The Morgan fingerprint density at radius 1 is 1.09 bits per heavy atom. The van der Waals surface area contributed by atoms with Crippen LogP contribution in [0.5, 0.6) is 0 Å². The normalized spacial score (nSPS) is 18.3. The van der Waals surface area contributed by atoms with Crippen molar-refractivity contribution in [2.45, 2.75) is 43.3 Å².